The molecule has 0 bridgehead atoms. The molecule has 166 valence electrons. The number of furan rings is 1. The van der Waals surface area contributed by atoms with Gasteiger partial charge in [-0.2, -0.15) is 5.10 Å². The zero-order chi connectivity index (χ0) is 22.1. The number of amides is 1. The van der Waals surface area contributed by atoms with Gasteiger partial charge < -0.3 is 14.5 Å². The van der Waals surface area contributed by atoms with Crippen LogP contribution in [0.1, 0.15) is 73.0 Å². The van der Waals surface area contributed by atoms with Gasteiger partial charge in [-0.25, -0.2) is 0 Å². The van der Waals surface area contributed by atoms with Crippen molar-refractivity contribution in [2.75, 3.05) is 7.11 Å². The zero-order valence-corrected chi connectivity index (χ0v) is 19.3. The second kappa shape index (κ2) is 9.05. The maximum absolute atomic E-state index is 12.8. The minimum atomic E-state index is -0.126. The van der Waals surface area contributed by atoms with E-state index < -0.39 is 0 Å². The van der Waals surface area contributed by atoms with Gasteiger partial charge in [0.15, 0.2) is 0 Å². The quantitative estimate of drug-likeness (QED) is 0.550. The Morgan fingerprint density at radius 2 is 2.00 bits per heavy atom. The van der Waals surface area contributed by atoms with E-state index in [1.54, 1.807) is 7.11 Å². The predicted molar refractivity (Wildman–Crippen MR) is 122 cm³/mol. The van der Waals surface area contributed by atoms with Crippen LogP contribution in [0.5, 0.6) is 0 Å². The van der Waals surface area contributed by atoms with Gasteiger partial charge >= 0.3 is 0 Å². The SMILES string of the molecule is CO[C@H]1CC[C@H](NC(=O)c2cc(C)n(Cc3cc(Cl)cc4cc(C(C)C)oc34)n2)CC1. The molecule has 1 amide bonds. The van der Waals surface area contributed by atoms with Crippen LogP contribution in [0.2, 0.25) is 5.02 Å². The van der Waals surface area contributed by atoms with Crippen LogP contribution in [-0.4, -0.2) is 34.9 Å². The Morgan fingerprint density at radius 1 is 1.26 bits per heavy atom. The number of fused-ring (bicyclic) bond motifs is 1. The molecule has 1 aliphatic carbocycles. The van der Waals surface area contributed by atoms with Crippen molar-refractivity contribution < 1.29 is 13.9 Å². The summed E-state index contributed by atoms with van der Waals surface area (Å²) in [4.78, 5) is 12.8. The maximum atomic E-state index is 12.8. The number of aryl methyl sites for hydroxylation is 1. The van der Waals surface area contributed by atoms with Gasteiger partial charge in [-0.3, -0.25) is 9.48 Å². The lowest BCUT2D eigenvalue weighted by Crippen LogP contribution is -2.39. The van der Waals surface area contributed by atoms with Crippen molar-refractivity contribution in [2.24, 2.45) is 0 Å². The van der Waals surface area contributed by atoms with E-state index in [4.69, 9.17) is 20.8 Å². The van der Waals surface area contributed by atoms with Crippen LogP contribution in [0.15, 0.2) is 28.7 Å². The maximum Gasteiger partial charge on any atom is 0.272 e. The van der Waals surface area contributed by atoms with Gasteiger partial charge in [0.2, 0.25) is 0 Å². The fourth-order valence-electron chi connectivity index (χ4n) is 4.25. The van der Waals surface area contributed by atoms with E-state index in [0.29, 0.717) is 29.3 Å². The molecule has 4 rings (SSSR count). The largest absolute Gasteiger partial charge is 0.460 e. The molecule has 1 aliphatic rings. The molecule has 1 saturated carbocycles. The number of aromatic nitrogens is 2. The highest BCUT2D eigenvalue weighted by atomic mass is 35.5. The number of rotatable bonds is 6. The van der Waals surface area contributed by atoms with Crippen LogP contribution in [0.3, 0.4) is 0 Å². The van der Waals surface area contributed by atoms with E-state index in [1.807, 2.05) is 35.9 Å². The van der Waals surface area contributed by atoms with Crippen LogP contribution in [0, 0.1) is 6.92 Å². The highest BCUT2D eigenvalue weighted by Gasteiger charge is 2.24. The van der Waals surface area contributed by atoms with Crippen molar-refractivity contribution in [2.45, 2.75) is 71.1 Å². The van der Waals surface area contributed by atoms with Gasteiger partial charge in [0.25, 0.3) is 5.91 Å². The fourth-order valence-corrected chi connectivity index (χ4v) is 4.50. The first kappa shape index (κ1) is 21.9. The Balaban J connectivity index is 1.51. The average Bonchev–Trinajstić information content (AvgIpc) is 3.32. The summed E-state index contributed by atoms with van der Waals surface area (Å²) in [6.45, 7) is 6.64. The molecular formula is C24H30ClN3O3. The summed E-state index contributed by atoms with van der Waals surface area (Å²) < 4.78 is 13.4. The van der Waals surface area contributed by atoms with Crippen molar-refractivity contribution in [3.8, 4) is 0 Å². The molecule has 7 heteroatoms. The first-order chi connectivity index (χ1) is 14.8. The lowest BCUT2D eigenvalue weighted by molar-refractivity contribution is 0.0598. The first-order valence-electron chi connectivity index (χ1n) is 10.9. The molecule has 0 aliphatic heterocycles. The number of hydrogen-bond donors (Lipinski definition) is 1. The monoisotopic (exact) mass is 443 g/mol. The van der Waals surface area contributed by atoms with E-state index in [2.05, 4.69) is 24.3 Å². The van der Waals surface area contributed by atoms with E-state index >= 15 is 0 Å². The molecule has 2 aromatic heterocycles. The highest BCUT2D eigenvalue weighted by molar-refractivity contribution is 6.31. The molecule has 0 saturated heterocycles. The standard InChI is InChI=1S/C24H30ClN3O3/c1-14(2)22-12-16-10-18(25)11-17(23(16)31-22)13-28-15(3)9-21(27-28)24(29)26-19-5-7-20(30-4)8-6-19/h9-12,14,19-20H,5-8,13H2,1-4H3,(H,26,29)/t19-,20-. The molecule has 1 N–H and O–H groups in total. The molecule has 3 aromatic rings. The predicted octanol–water partition coefficient (Wildman–Crippen LogP) is 5.45. The Morgan fingerprint density at radius 3 is 2.68 bits per heavy atom. The van der Waals surface area contributed by atoms with Crippen molar-refractivity contribution in [1.82, 2.24) is 15.1 Å². The van der Waals surface area contributed by atoms with E-state index in [9.17, 15) is 4.79 Å². The number of nitrogens with zero attached hydrogens (tertiary/aromatic N) is 2. The molecule has 0 radical (unpaired) electrons. The molecule has 0 atom stereocenters. The molecule has 0 spiro atoms. The molecule has 2 heterocycles. The number of benzene rings is 1. The van der Waals surface area contributed by atoms with E-state index in [-0.39, 0.29) is 11.9 Å². The van der Waals surface area contributed by atoms with Gasteiger partial charge in [-0.1, -0.05) is 25.4 Å². The van der Waals surface area contributed by atoms with Crippen molar-refractivity contribution in [3.63, 3.8) is 0 Å². The van der Waals surface area contributed by atoms with Crippen molar-refractivity contribution >= 4 is 28.5 Å². The van der Waals surface area contributed by atoms with Gasteiger partial charge in [0.05, 0.1) is 12.6 Å². The first-order valence-corrected chi connectivity index (χ1v) is 11.3. The van der Waals surface area contributed by atoms with Crippen LogP contribution >= 0.6 is 11.6 Å². The lowest BCUT2D eigenvalue weighted by Gasteiger charge is -2.27. The molecule has 31 heavy (non-hydrogen) atoms. The fraction of sp³-hybridized carbons (Fsp3) is 0.500. The summed E-state index contributed by atoms with van der Waals surface area (Å²) in [6.07, 6.45) is 4.12. The summed E-state index contributed by atoms with van der Waals surface area (Å²) >= 11 is 6.36. The summed E-state index contributed by atoms with van der Waals surface area (Å²) in [5.41, 5.74) is 3.12. The number of hydrogen-bond acceptors (Lipinski definition) is 4. The van der Waals surface area contributed by atoms with Crippen LogP contribution in [0.25, 0.3) is 11.0 Å². The number of halogens is 1. The van der Waals surface area contributed by atoms with E-state index in [1.165, 1.54) is 0 Å². The number of carbonyl (C=O) groups is 1. The van der Waals surface area contributed by atoms with Crippen molar-refractivity contribution in [3.05, 3.63) is 52.0 Å². The number of carbonyl (C=O) groups excluding carboxylic acids is 1. The lowest BCUT2D eigenvalue weighted by atomic mass is 9.93. The molecule has 6 nitrogen and oxygen atoms in total. The van der Waals surface area contributed by atoms with Gasteiger partial charge in [0, 0.05) is 40.7 Å². The Bertz CT molecular complexity index is 1080. The zero-order valence-electron chi connectivity index (χ0n) is 18.6. The second-order valence-electron chi connectivity index (χ2n) is 8.80. The third kappa shape index (κ3) is 4.80. The Labute approximate surface area is 187 Å². The topological polar surface area (TPSA) is 69.3 Å². The second-order valence-corrected chi connectivity index (χ2v) is 9.23. The average molecular weight is 444 g/mol. The summed E-state index contributed by atoms with van der Waals surface area (Å²) in [5, 5.41) is 9.35. The van der Waals surface area contributed by atoms with Crippen molar-refractivity contribution in [1.29, 1.82) is 0 Å². The highest BCUT2D eigenvalue weighted by Crippen LogP contribution is 2.31. The summed E-state index contributed by atoms with van der Waals surface area (Å²) in [5.74, 6) is 1.10. The molecule has 0 unspecified atom stereocenters. The van der Waals surface area contributed by atoms with Gasteiger partial charge in [0.1, 0.15) is 17.0 Å². The smallest absolute Gasteiger partial charge is 0.272 e. The van der Waals surface area contributed by atoms with Gasteiger partial charge in [-0.15, -0.1) is 0 Å². The minimum absolute atomic E-state index is 0.126. The van der Waals surface area contributed by atoms with E-state index in [0.717, 1.165) is 53.7 Å². The minimum Gasteiger partial charge on any atom is -0.460 e. The Kier molecular flexibility index (Phi) is 6.39. The van der Waals surface area contributed by atoms with Crippen LogP contribution < -0.4 is 5.32 Å². The third-order valence-electron chi connectivity index (χ3n) is 6.12. The normalized spacial score (nSPS) is 19.3. The Hall–Kier alpha value is -2.31. The van der Waals surface area contributed by atoms with Crippen LogP contribution in [-0.2, 0) is 11.3 Å². The summed E-state index contributed by atoms with van der Waals surface area (Å²) in [6, 6.07) is 7.88. The molecule has 1 fully saturated rings. The third-order valence-corrected chi connectivity index (χ3v) is 6.34. The summed E-state index contributed by atoms with van der Waals surface area (Å²) in [7, 11) is 1.75. The number of nitrogens with one attached hydrogen (secondary N) is 1. The van der Waals surface area contributed by atoms with Crippen LogP contribution in [0.4, 0.5) is 0 Å². The molecule has 1 aromatic carbocycles. The number of ether oxygens (including phenoxy) is 1. The van der Waals surface area contributed by atoms with Gasteiger partial charge in [-0.05, 0) is 56.9 Å². The molecular weight excluding hydrogens is 414 g/mol. The number of methoxy groups -OCH3 is 1.